The Hall–Kier alpha value is -1.31. The Labute approximate surface area is 126 Å². The second-order valence-electron chi connectivity index (χ2n) is 5.51. The van der Waals surface area contributed by atoms with Crippen LogP contribution in [0, 0.1) is 0 Å². The van der Waals surface area contributed by atoms with E-state index >= 15 is 0 Å². The average molecular weight is 313 g/mol. The molecule has 118 valence electrons. The fraction of sp³-hybridized carbons (Fsp3) is 0.571. The zero-order chi connectivity index (χ0) is 15.6. The summed E-state index contributed by atoms with van der Waals surface area (Å²) in [4.78, 5) is 2.24. The zero-order valence-electron chi connectivity index (χ0n) is 12.5. The van der Waals surface area contributed by atoms with Gasteiger partial charge in [0.05, 0.1) is 22.9 Å². The van der Waals surface area contributed by atoms with Crippen LogP contribution in [0.4, 0.5) is 11.4 Å². The molecule has 0 heterocycles. The summed E-state index contributed by atoms with van der Waals surface area (Å²) >= 11 is 0. The van der Waals surface area contributed by atoms with Crippen molar-refractivity contribution in [1.82, 2.24) is 4.31 Å². The van der Waals surface area contributed by atoms with Crippen molar-refractivity contribution in [2.75, 3.05) is 37.9 Å². The van der Waals surface area contributed by atoms with Crippen LogP contribution in [0.3, 0.4) is 0 Å². The van der Waals surface area contributed by atoms with E-state index in [0.29, 0.717) is 24.0 Å². The smallest absolute Gasteiger partial charge is 0.242 e. The Kier molecular flexibility index (Phi) is 4.75. The third-order valence-corrected chi connectivity index (χ3v) is 5.76. The summed E-state index contributed by atoms with van der Waals surface area (Å²) in [5.41, 5.74) is 7.25. The van der Waals surface area contributed by atoms with E-state index < -0.39 is 10.0 Å². The summed E-state index contributed by atoms with van der Waals surface area (Å²) in [6.07, 6.45) is 3.25. The molecule has 0 aliphatic heterocycles. The van der Waals surface area contributed by atoms with Crippen LogP contribution in [0.1, 0.15) is 19.3 Å². The van der Waals surface area contributed by atoms with E-state index in [-0.39, 0.29) is 11.5 Å². The van der Waals surface area contributed by atoms with Gasteiger partial charge < -0.3 is 15.7 Å². The maximum Gasteiger partial charge on any atom is 0.242 e. The number of anilines is 2. The number of aliphatic hydroxyl groups excluding tert-OH is 1. The summed E-state index contributed by atoms with van der Waals surface area (Å²) in [7, 11) is -0.485. The zero-order valence-corrected chi connectivity index (χ0v) is 13.3. The molecule has 0 atom stereocenters. The molecular weight excluding hydrogens is 290 g/mol. The lowest BCUT2D eigenvalue weighted by atomic mass is 9.91. The van der Waals surface area contributed by atoms with Gasteiger partial charge in [0, 0.05) is 26.7 Å². The van der Waals surface area contributed by atoms with Gasteiger partial charge in [0.15, 0.2) is 0 Å². The molecule has 1 aromatic rings. The Morgan fingerprint density at radius 2 is 2.00 bits per heavy atom. The minimum Gasteiger partial charge on any atom is -0.397 e. The highest BCUT2D eigenvalue weighted by atomic mass is 32.2. The third-order valence-electron chi connectivity index (χ3n) is 3.95. The molecule has 1 fully saturated rings. The number of benzene rings is 1. The van der Waals surface area contributed by atoms with Crippen LogP contribution in [0.5, 0.6) is 0 Å². The minimum absolute atomic E-state index is 0.0145. The van der Waals surface area contributed by atoms with E-state index in [0.717, 1.165) is 19.3 Å². The van der Waals surface area contributed by atoms with E-state index in [1.807, 2.05) is 4.90 Å². The number of rotatable bonds is 6. The molecule has 0 amide bonds. The predicted octanol–water partition coefficient (Wildman–Crippen LogP) is 0.870. The highest BCUT2D eigenvalue weighted by molar-refractivity contribution is 7.89. The topological polar surface area (TPSA) is 86.9 Å². The van der Waals surface area contributed by atoms with Crippen molar-refractivity contribution in [3.8, 4) is 0 Å². The number of aliphatic hydroxyl groups is 1. The molecule has 0 bridgehead atoms. The second-order valence-corrected chi connectivity index (χ2v) is 7.66. The van der Waals surface area contributed by atoms with Gasteiger partial charge >= 0.3 is 0 Å². The summed E-state index contributed by atoms with van der Waals surface area (Å²) < 4.78 is 25.7. The molecule has 1 aromatic carbocycles. The predicted molar refractivity (Wildman–Crippen MR) is 83.8 cm³/mol. The van der Waals surface area contributed by atoms with Crippen molar-refractivity contribution in [3.63, 3.8) is 0 Å². The lowest BCUT2D eigenvalue weighted by molar-refractivity contribution is 0.283. The molecule has 1 saturated carbocycles. The molecule has 0 aromatic heterocycles. The van der Waals surface area contributed by atoms with Crippen LogP contribution in [0.15, 0.2) is 23.1 Å². The molecule has 1 aliphatic rings. The van der Waals surface area contributed by atoms with Gasteiger partial charge in [-0.3, -0.25) is 0 Å². The van der Waals surface area contributed by atoms with E-state index in [1.165, 1.54) is 24.5 Å². The van der Waals surface area contributed by atoms with Gasteiger partial charge in [0.2, 0.25) is 10.0 Å². The molecule has 7 heteroatoms. The fourth-order valence-corrected chi connectivity index (χ4v) is 3.37. The second kappa shape index (κ2) is 6.21. The highest BCUT2D eigenvalue weighted by Crippen LogP contribution is 2.34. The van der Waals surface area contributed by atoms with Gasteiger partial charge in [-0.25, -0.2) is 12.7 Å². The number of hydrogen-bond donors (Lipinski definition) is 2. The van der Waals surface area contributed by atoms with E-state index in [2.05, 4.69) is 0 Å². The molecule has 3 N–H and O–H groups in total. The summed E-state index contributed by atoms with van der Waals surface area (Å²) in [6.45, 7) is 0.473. The first-order valence-electron chi connectivity index (χ1n) is 7.07. The van der Waals surface area contributed by atoms with Crippen LogP contribution in [0.2, 0.25) is 0 Å². The van der Waals surface area contributed by atoms with Crippen molar-refractivity contribution in [1.29, 1.82) is 0 Å². The van der Waals surface area contributed by atoms with Crippen LogP contribution in [0.25, 0.3) is 0 Å². The van der Waals surface area contributed by atoms with Crippen molar-refractivity contribution < 1.29 is 13.5 Å². The van der Waals surface area contributed by atoms with Gasteiger partial charge in [-0.2, -0.15) is 0 Å². The van der Waals surface area contributed by atoms with Gasteiger partial charge in [-0.05, 0) is 37.5 Å². The van der Waals surface area contributed by atoms with Crippen LogP contribution >= 0.6 is 0 Å². The lowest BCUT2D eigenvalue weighted by Crippen LogP contribution is -2.42. The van der Waals surface area contributed by atoms with Crippen LogP contribution in [-0.4, -0.2) is 51.1 Å². The molecule has 0 unspecified atom stereocenters. The SMILES string of the molecule is CN(C)S(=O)(=O)c1ccc(N)c(N(CCO)C2CCC2)c1. The van der Waals surface area contributed by atoms with Crippen molar-refractivity contribution >= 4 is 21.4 Å². The molecular formula is C14H23N3O3S. The minimum atomic E-state index is -3.49. The molecule has 6 nitrogen and oxygen atoms in total. The largest absolute Gasteiger partial charge is 0.397 e. The monoisotopic (exact) mass is 313 g/mol. The standard InChI is InChI=1S/C14H23N3O3S/c1-16(2)21(19,20)12-6-7-13(15)14(10-12)17(8-9-18)11-4-3-5-11/h6-7,10-11,18H,3-5,8-9,15H2,1-2H3. The quantitative estimate of drug-likeness (QED) is 0.761. The maximum absolute atomic E-state index is 12.2. The van der Waals surface area contributed by atoms with Crippen molar-refractivity contribution in [2.45, 2.75) is 30.2 Å². The maximum atomic E-state index is 12.2. The average Bonchev–Trinajstić information content (AvgIpc) is 2.36. The van der Waals surface area contributed by atoms with E-state index in [4.69, 9.17) is 5.73 Å². The number of nitrogens with two attached hydrogens (primary N) is 1. The first-order valence-corrected chi connectivity index (χ1v) is 8.51. The first-order chi connectivity index (χ1) is 9.87. The Morgan fingerprint density at radius 3 is 2.48 bits per heavy atom. The first kappa shape index (κ1) is 16.1. The molecule has 0 spiro atoms. The number of hydrogen-bond acceptors (Lipinski definition) is 5. The number of sulfonamides is 1. The normalized spacial score (nSPS) is 16.0. The molecule has 21 heavy (non-hydrogen) atoms. The van der Waals surface area contributed by atoms with E-state index in [1.54, 1.807) is 12.1 Å². The van der Waals surface area contributed by atoms with E-state index in [9.17, 15) is 13.5 Å². The number of nitrogens with zero attached hydrogens (tertiary/aromatic N) is 2. The highest BCUT2D eigenvalue weighted by Gasteiger charge is 2.27. The van der Waals surface area contributed by atoms with Crippen molar-refractivity contribution in [2.24, 2.45) is 0 Å². The van der Waals surface area contributed by atoms with Gasteiger partial charge in [0.1, 0.15) is 0 Å². The van der Waals surface area contributed by atoms with Gasteiger partial charge in [0.25, 0.3) is 0 Å². The van der Waals surface area contributed by atoms with Crippen molar-refractivity contribution in [3.05, 3.63) is 18.2 Å². The summed E-state index contributed by atoms with van der Waals surface area (Å²) in [5.74, 6) is 0. The number of nitrogen functional groups attached to an aromatic ring is 1. The van der Waals surface area contributed by atoms with Gasteiger partial charge in [-0.15, -0.1) is 0 Å². The Morgan fingerprint density at radius 1 is 1.33 bits per heavy atom. The van der Waals surface area contributed by atoms with Crippen LogP contribution < -0.4 is 10.6 Å². The summed E-state index contributed by atoms with van der Waals surface area (Å²) in [6, 6.07) is 5.08. The Balaban J connectivity index is 2.42. The molecule has 0 radical (unpaired) electrons. The lowest BCUT2D eigenvalue weighted by Gasteiger charge is -2.39. The van der Waals surface area contributed by atoms with Gasteiger partial charge in [-0.1, -0.05) is 0 Å². The third kappa shape index (κ3) is 3.14. The molecule has 0 saturated heterocycles. The fourth-order valence-electron chi connectivity index (χ4n) is 2.45. The molecule has 2 rings (SSSR count). The summed E-state index contributed by atoms with van der Waals surface area (Å²) in [5, 5.41) is 9.27. The Bertz CT molecular complexity index is 597. The molecule has 1 aliphatic carbocycles. The van der Waals surface area contributed by atoms with Crippen LogP contribution in [-0.2, 0) is 10.0 Å².